The van der Waals surface area contributed by atoms with Crippen molar-refractivity contribution in [2.75, 3.05) is 39.9 Å². The number of nitrogens with zero attached hydrogens (tertiary/aromatic N) is 1. The SMILES string of the molecule is CCN1CCC(NCCCCOC)C(C)C1. The van der Waals surface area contributed by atoms with Crippen LogP contribution in [0.25, 0.3) is 0 Å². The number of rotatable bonds is 7. The van der Waals surface area contributed by atoms with Crippen LogP contribution in [0.3, 0.4) is 0 Å². The number of hydrogen-bond acceptors (Lipinski definition) is 3. The zero-order valence-electron chi connectivity index (χ0n) is 11.2. The summed E-state index contributed by atoms with van der Waals surface area (Å²) in [5.74, 6) is 0.788. The highest BCUT2D eigenvalue weighted by molar-refractivity contribution is 4.82. The highest BCUT2D eigenvalue weighted by Crippen LogP contribution is 2.16. The molecule has 0 radical (unpaired) electrons. The van der Waals surface area contributed by atoms with Crippen molar-refractivity contribution in [3.63, 3.8) is 0 Å². The minimum Gasteiger partial charge on any atom is -0.385 e. The summed E-state index contributed by atoms with van der Waals surface area (Å²) in [6, 6.07) is 0.727. The Morgan fingerprint density at radius 1 is 1.38 bits per heavy atom. The van der Waals surface area contributed by atoms with E-state index in [-0.39, 0.29) is 0 Å². The number of unbranched alkanes of at least 4 members (excludes halogenated alkanes) is 1. The van der Waals surface area contributed by atoms with E-state index in [1.54, 1.807) is 7.11 Å². The minimum absolute atomic E-state index is 0.727. The van der Waals surface area contributed by atoms with Crippen LogP contribution in [0.1, 0.15) is 33.1 Å². The van der Waals surface area contributed by atoms with Gasteiger partial charge in [0.05, 0.1) is 0 Å². The molecule has 0 saturated carbocycles. The van der Waals surface area contributed by atoms with Crippen molar-refractivity contribution in [3.8, 4) is 0 Å². The molecule has 16 heavy (non-hydrogen) atoms. The predicted octanol–water partition coefficient (Wildman–Crippen LogP) is 1.73. The van der Waals surface area contributed by atoms with Crippen LogP contribution in [0, 0.1) is 5.92 Å². The van der Waals surface area contributed by atoms with Crippen LogP contribution in [0.5, 0.6) is 0 Å². The third-order valence-corrected chi connectivity index (χ3v) is 3.62. The Morgan fingerprint density at radius 3 is 2.81 bits per heavy atom. The summed E-state index contributed by atoms with van der Waals surface area (Å²) in [6.07, 6.45) is 3.71. The van der Waals surface area contributed by atoms with Gasteiger partial charge in [0, 0.05) is 26.3 Å². The van der Waals surface area contributed by atoms with Crippen LogP contribution in [-0.2, 0) is 4.74 Å². The predicted molar refractivity (Wildman–Crippen MR) is 68.8 cm³/mol. The van der Waals surface area contributed by atoms with Crippen molar-refractivity contribution >= 4 is 0 Å². The van der Waals surface area contributed by atoms with Crippen molar-refractivity contribution in [1.82, 2.24) is 10.2 Å². The molecule has 3 heteroatoms. The topological polar surface area (TPSA) is 24.5 Å². The molecule has 1 aliphatic heterocycles. The Bertz CT molecular complexity index is 175. The van der Waals surface area contributed by atoms with Crippen molar-refractivity contribution in [1.29, 1.82) is 0 Å². The van der Waals surface area contributed by atoms with Gasteiger partial charge in [0.2, 0.25) is 0 Å². The van der Waals surface area contributed by atoms with Crippen LogP contribution in [0.15, 0.2) is 0 Å². The van der Waals surface area contributed by atoms with Gasteiger partial charge >= 0.3 is 0 Å². The monoisotopic (exact) mass is 228 g/mol. The highest BCUT2D eigenvalue weighted by Gasteiger charge is 2.24. The van der Waals surface area contributed by atoms with Crippen molar-refractivity contribution < 1.29 is 4.74 Å². The van der Waals surface area contributed by atoms with Crippen molar-refractivity contribution in [2.45, 2.75) is 39.2 Å². The molecule has 1 aliphatic rings. The fraction of sp³-hybridized carbons (Fsp3) is 1.00. The molecule has 0 aromatic rings. The van der Waals surface area contributed by atoms with Gasteiger partial charge in [0.1, 0.15) is 0 Å². The van der Waals surface area contributed by atoms with Crippen molar-refractivity contribution in [2.24, 2.45) is 5.92 Å². The van der Waals surface area contributed by atoms with Gasteiger partial charge in [-0.25, -0.2) is 0 Å². The van der Waals surface area contributed by atoms with Gasteiger partial charge in [0.15, 0.2) is 0 Å². The second-order valence-electron chi connectivity index (χ2n) is 4.92. The van der Waals surface area contributed by atoms with E-state index in [9.17, 15) is 0 Å². The Hall–Kier alpha value is -0.120. The molecule has 2 unspecified atom stereocenters. The third-order valence-electron chi connectivity index (χ3n) is 3.62. The molecule has 0 spiro atoms. The first-order chi connectivity index (χ1) is 7.77. The number of nitrogens with one attached hydrogen (secondary N) is 1. The smallest absolute Gasteiger partial charge is 0.0462 e. The fourth-order valence-electron chi connectivity index (χ4n) is 2.48. The number of methoxy groups -OCH3 is 1. The van der Waals surface area contributed by atoms with Gasteiger partial charge < -0.3 is 15.0 Å². The lowest BCUT2D eigenvalue weighted by atomic mass is 9.94. The molecule has 3 nitrogen and oxygen atoms in total. The summed E-state index contributed by atoms with van der Waals surface area (Å²) in [4.78, 5) is 2.55. The molecule has 1 heterocycles. The summed E-state index contributed by atoms with van der Waals surface area (Å²) >= 11 is 0. The average molecular weight is 228 g/mol. The van der Waals surface area contributed by atoms with Gasteiger partial charge in [-0.2, -0.15) is 0 Å². The first-order valence-electron chi connectivity index (χ1n) is 6.72. The standard InChI is InChI=1S/C13H28N2O/c1-4-15-9-7-13(12(2)11-15)14-8-5-6-10-16-3/h12-14H,4-11H2,1-3H3. The van der Waals surface area contributed by atoms with Gasteiger partial charge in [-0.05, 0) is 44.8 Å². The molecule has 0 amide bonds. The van der Waals surface area contributed by atoms with E-state index in [0.29, 0.717) is 0 Å². The number of ether oxygens (including phenoxy) is 1. The molecular weight excluding hydrogens is 200 g/mol. The van der Waals surface area contributed by atoms with Gasteiger partial charge in [0.25, 0.3) is 0 Å². The maximum absolute atomic E-state index is 5.05. The summed E-state index contributed by atoms with van der Waals surface area (Å²) in [5, 5.41) is 3.69. The summed E-state index contributed by atoms with van der Waals surface area (Å²) in [7, 11) is 1.77. The normalized spacial score (nSPS) is 27.2. The molecule has 1 saturated heterocycles. The molecule has 0 aromatic heterocycles. The number of likely N-dealkylation sites (tertiary alicyclic amines) is 1. The Kier molecular flexibility index (Phi) is 7.01. The van der Waals surface area contributed by atoms with Gasteiger partial charge in [-0.3, -0.25) is 0 Å². The average Bonchev–Trinajstić information content (AvgIpc) is 2.30. The first kappa shape index (κ1) is 13.9. The molecule has 96 valence electrons. The lowest BCUT2D eigenvalue weighted by Gasteiger charge is -2.36. The Morgan fingerprint density at radius 2 is 2.19 bits per heavy atom. The second kappa shape index (κ2) is 8.04. The van der Waals surface area contributed by atoms with Gasteiger partial charge in [-0.15, -0.1) is 0 Å². The van der Waals surface area contributed by atoms with Crippen LogP contribution >= 0.6 is 0 Å². The van der Waals surface area contributed by atoms with Crippen LogP contribution in [0.2, 0.25) is 0 Å². The Labute approximate surface area is 101 Å². The minimum atomic E-state index is 0.727. The van der Waals surface area contributed by atoms with E-state index in [0.717, 1.165) is 25.1 Å². The van der Waals surface area contributed by atoms with Crippen LogP contribution < -0.4 is 5.32 Å². The number of piperidine rings is 1. The van der Waals surface area contributed by atoms with Crippen LogP contribution in [0.4, 0.5) is 0 Å². The Balaban J connectivity index is 2.08. The first-order valence-corrected chi connectivity index (χ1v) is 6.72. The number of hydrogen-bond donors (Lipinski definition) is 1. The molecule has 2 atom stereocenters. The lowest BCUT2D eigenvalue weighted by molar-refractivity contribution is 0.151. The maximum Gasteiger partial charge on any atom is 0.0462 e. The quantitative estimate of drug-likeness (QED) is 0.672. The van der Waals surface area contributed by atoms with E-state index in [1.165, 1.54) is 38.9 Å². The molecule has 1 fully saturated rings. The third kappa shape index (κ3) is 4.81. The van der Waals surface area contributed by atoms with E-state index >= 15 is 0 Å². The molecule has 1 rings (SSSR count). The molecule has 0 aliphatic carbocycles. The molecular formula is C13H28N2O. The summed E-state index contributed by atoms with van der Waals surface area (Å²) < 4.78 is 5.05. The summed E-state index contributed by atoms with van der Waals surface area (Å²) in [5.41, 5.74) is 0. The van der Waals surface area contributed by atoms with E-state index in [1.807, 2.05) is 0 Å². The van der Waals surface area contributed by atoms with Gasteiger partial charge in [-0.1, -0.05) is 13.8 Å². The second-order valence-corrected chi connectivity index (χ2v) is 4.92. The molecule has 0 aromatic carbocycles. The molecule has 1 N–H and O–H groups in total. The lowest BCUT2D eigenvalue weighted by Crippen LogP contribution is -2.48. The largest absolute Gasteiger partial charge is 0.385 e. The van der Waals surface area contributed by atoms with E-state index in [2.05, 4.69) is 24.1 Å². The summed E-state index contributed by atoms with van der Waals surface area (Å²) in [6.45, 7) is 10.4. The highest BCUT2D eigenvalue weighted by atomic mass is 16.5. The fourth-order valence-corrected chi connectivity index (χ4v) is 2.48. The van der Waals surface area contributed by atoms with E-state index < -0.39 is 0 Å². The van der Waals surface area contributed by atoms with E-state index in [4.69, 9.17) is 4.74 Å². The van der Waals surface area contributed by atoms with Crippen LogP contribution in [-0.4, -0.2) is 50.8 Å². The molecule has 0 bridgehead atoms. The maximum atomic E-state index is 5.05. The zero-order valence-corrected chi connectivity index (χ0v) is 11.2. The zero-order chi connectivity index (χ0) is 11.8. The van der Waals surface area contributed by atoms with Crippen molar-refractivity contribution in [3.05, 3.63) is 0 Å².